The van der Waals surface area contributed by atoms with Crippen LogP contribution in [-0.4, -0.2) is 33.6 Å². The van der Waals surface area contributed by atoms with E-state index in [-0.39, 0.29) is 17.8 Å². The Morgan fingerprint density at radius 3 is 2.84 bits per heavy atom. The number of hydrogen-bond donors (Lipinski definition) is 0. The molecule has 1 heterocycles. The van der Waals surface area contributed by atoms with E-state index >= 15 is 0 Å². The lowest BCUT2D eigenvalue weighted by Crippen LogP contribution is -2.13. The van der Waals surface area contributed by atoms with Gasteiger partial charge in [0, 0.05) is 6.54 Å². The van der Waals surface area contributed by atoms with Crippen LogP contribution >= 0.6 is 11.8 Å². The molecule has 1 aromatic carbocycles. The fourth-order valence-corrected chi connectivity index (χ4v) is 3.07. The first kappa shape index (κ1) is 19.1. The van der Waals surface area contributed by atoms with Crippen LogP contribution in [-0.2, 0) is 16.1 Å². The van der Waals surface area contributed by atoms with Gasteiger partial charge in [0.15, 0.2) is 17.1 Å². The molecule has 0 aliphatic heterocycles. The monoisotopic (exact) mass is 361 g/mol. The molecule has 0 bridgehead atoms. The van der Waals surface area contributed by atoms with E-state index in [1.807, 2.05) is 30.5 Å². The van der Waals surface area contributed by atoms with Gasteiger partial charge in [-0.1, -0.05) is 30.0 Å². The fourth-order valence-electron chi connectivity index (χ4n) is 2.29. The van der Waals surface area contributed by atoms with Gasteiger partial charge in [0.25, 0.3) is 0 Å². The Morgan fingerprint density at radius 2 is 2.16 bits per heavy atom. The molecule has 1 atom stereocenters. The van der Waals surface area contributed by atoms with Crippen molar-refractivity contribution < 1.29 is 14.3 Å². The van der Waals surface area contributed by atoms with Crippen molar-refractivity contribution >= 4 is 17.7 Å². The highest BCUT2D eigenvalue weighted by molar-refractivity contribution is 7.99. The maximum Gasteiger partial charge on any atom is 0.316 e. The largest absolute Gasteiger partial charge is 0.482 e. The van der Waals surface area contributed by atoms with E-state index < -0.39 is 0 Å². The van der Waals surface area contributed by atoms with Crippen molar-refractivity contribution in [2.24, 2.45) is 0 Å². The average molecular weight is 361 g/mol. The normalized spacial score (nSPS) is 11.8. The Kier molecular flexibility index (Phi) is 6.64. The molecule has 0 amide bonds. The number of thioether (sulfide) groups is 1. The third kappa shape index (κ3) is 4.63. The lowest BCUT2D eigenvalue weighted by atomic mass is 10.1. The Balaban J connectivity index is 2.22. The summed E-state index contributed by atoms with van der Waals surface area (Å²) in [7, 11) is 1.36. The maximum atomic E-state index is 11.4. The van der Waals surface area contributed by atoms with E-state index in [0.29, 0.717) is 17.5 Å². The molecule has 1 unspecified atom stereocenters. The van der Waals surface area contributed by atoms with Crippen LogP contribution in [0.2, 0.25) is 0 Å². The first-order valence-corrected chi connectivity index (χ1v) is 8.93. The number of aryl methyl sites for hydroxylation is 1. The smallest absolute Gasteiger partial charge is 0.316 e. The zero-order chi connectivity index (χ0) is 18.4. The van der Waals surface area contributed by atoms with Crippen molar-refractivity contribution in [3.63, 3.8) is 0 Å². The number of carbonyl (C=O) groups excluding carboxylic acids is 1. The third-order valence-electron chi connectivity index (χ3n) is 3.83. The summed E-state index contributed by atoms with van der Waals surface area (Å²) in [4.78, 5) is 11.4. The van der Waals surface area contributed by atoms with Crippen LogP contribution in [0, 0.1) is 13.8 Å². The zero-order valence-corrected chi connectivity index (χ0v) is 15.8. The standard InChI is InChI=1S/C18H23N3O3S/c1-6-10-21-17(19-20-18(21)25-11-16(22)23-5)14(4)24-15-9-7-8-12(2)13(15)3/h6-9,14H,1,10-11H2,2-5H3. The molecule has 0 aliphatic carbocycles. The predicted octanol–water partition coefficient (Wildman–Crippen LogP) is 3.49. The summed E-state index contributed by atoms with van der Waals surface area (Å²) in [5.74, 6) is 1.38. The second kappa shape index (κ2) is 8.71. The van der Waals surface area contributed by atoms with Gasteiger partial charge >= 0.3 is 5.97 Å². The van der Waals surface area contributed by atoms with E-state index in [1.54, 1.807) is 6.08 Å². The number of rotatable bonds is 8. The van der Waals surface area contributed by atoms with Crippen LogP contribution in [0.5, 0.6) is 5.75 Å². The fraction of sp³-hybridized carbons (Fsp3) is 0.389. The molecule has 0 saturated heterocycles. The molecule has 2 aromatic rings. The summed E-state index contributed by atoms with van der Waals surface area (Å²) in [5, 5.41) is 9.07. The summed E-state index contributed by atoms with van der Waals surface area (Å²) in [5.41, 5.74) is 2.27. The van der Waals surface area contributed by atoms with Gasteiger partial charge in [-0.25, -0.2) is 0 Å². The van der Waals surface area contributed by atoms with E-state index in [4.69, 9.17) is 4.74 Å². The summed E-state index contributed by atoms with van der Waals surface area (Å²) >= 11 is 1.28. The highest BCUT2D eigenvalue weighted by Gasteiger charge is 2.20. The maximum absolute atomic E-state index is 11.4. The lowest BCUT2D eigenvalue weighted by molar-refractivity contribution is -0.137. The van der Waals surface area contributed by atoms with E-state index in [1.165, 1.54) is 24.4 Å². The number of carbonyl (C=O) groups is 1. The first-order valence-electron chi connectivity index (χ1n) is 7.94. The van der Waals surface area contributed by atoms with Gasteiger partial charge < -0.3 is 9.47 Å². The SMILES string of the molecule is C=CCn1c(SCC(=O)OC)nnc1C(C)Oc1cccc(C)c1C. The van der Waals surface area contributed by atoms with E-state index in [0.717, 1.165) is 11.3 Å². The Bertz CT molecular complexity index is 758. The quantitative estimate of drug-likeness (QED) is 0.407. The molecule has 0 fully saturated rings. The van der Waals surface area contributed by atoms with Gasteiger partial charge in [-0.2, -0.15) is 0 Å². The van der Waals surface area contributed by atoms with Gasteiger partial charge in [-0.05, 0) is 38.0 Å². The van der Waals surface area contributed by atoms with Crippen LogP contribution in [0.25, 0.3) is 0 Å². The summed E-state index contributed by atoms with van der Waals surface area (Å²) in [6, 6.07) is 5.96. The molecule has 6 nitrogen and oxygen atoms in total. The number of esters is 1. The molecule has 134 valence electrons. The number of methoxy groups -OCH3 is 1. The van der Waals surface area contributed by atoms with Crippen LogP contribution < -0.4 is 4.74 Å². The molecule has 0 spiro atoms. The van der Waals surface area contributed by atoms with Crippen LogP contribution in [0.3, 0.4) is 0 Å². The number of benzene rings is 1. The van der Waals surface area contributed by atoms with Crippen molar-refractivity contribution in [3.8, 4) is 5.75 Å². The van der Waals surface area contributed by atoms with Crippen molar-refractivity contribution in [1.29, 1.82) is 0 Å². The number of allylic oxidation sites excluding steroid dienone is 1. The molecule has 0 saturated carbocycles. The lowest BCUT2D eigenvalue weighted by Gasteiger charge is -2.17. The number of nitrogens with zero attached hydrogens (tertiary/aromatic N) is 3. The van der Waals surface area contributed by atoms with E-state index in [2.05, 4.69) is 34.5 Å². The second-order valence-corrected chi connectivity index (χ2v) is 6.51. The molecule has 2 rings (SSSR count). The van der Waals surface area contributed by atoms with Gasteiger partial charge in [0.2, 0.25) is 0 Å². The Morgan fingerprint density at radius 1 is 1.40 bits per heavy atom. The molecule has 0 aliphatic rings. The van der Waals surface area contributed by atoms with Crippen molar-refractivity contribution in [1.82, 2.24) is 14.8 Å². The Labute approximate surface area is 152 Å². The average Bonchev–Trinajstić information content (AvgIpc) is 3.00. The van der Waals surface area contributed by atoms with Crippen molar-refractivity contribution in [3.05, 3.63) is 47.8 Å². The number of ether oxygens (including phenoxy) is 2. The topological polar surface area (TPSA) is 66.2 Å². The minimum Gasteiger partial charge on any atom is -0.482 e. The Hall–Kier alpha value is -2.28. The molecular formula is C18H23N3O3S. The minimum absolute atomic E-state index is 0.179. The van der Waals surface area contributed by atoms with Gasteiger partial charge in [0.05, 0.1) is 12.9 Å². The summed E-state index contributed by atoms with van der Waals surface area (Å²) < 4.78 is 12.7. The molecule has 7 heteroatoms. The summed E-state index contributed by atoms with van der Waals surface area (Å²) in [6.07, 6.45) is 1.47. The zero-order valence-electron chi connectivity index (χ0n) is 15.0. The van der Waals surface area contributed by atoms with Gasteiger partial charge in [0.1, 0.15) is 5.75 Å². The number of hydrogen-bond acceptors (Lipinski definition) is 6. The molecule has 1 aromatic heterocycles. The molecular weight excluding hydrogens is 338 g/mol. The summed E-state index contributed by atoms with van der Waals surface area (Å²) in [6.45, 7) is 10.3. The van der Waals surface area contributed by atoms with Crippen molar-refractivity contribution in [2.45, 2.75) is 38.6 Å². The van der Waals surface area contributed by atoms with Crippen LogP contribution in [0.1, 0.15) is 30.0 Å². The predicted molar refractivity (Wildman–Crippen MR) is 97.9 cm³/mol. The number of aromatic nitrogens is 3. The van der Waals surface area contributed by atoms with E-state index in [9.17, 15) is 4.79 Å². The first-order chi connectivity index (χ1) is 12.0. The highest BCUT2D eigenvalue weighted by atomic mass is 32.2. The highest BCUT2D eigenvalue weighted by Crippen LogP contribution is 2.28. The molecule has 25 heavy (non-hydrogen) atoms. The van der Waals surface area contributed by atoms with Gasteiger partial charge in [-0.3, -0.25) is 9.36 Å². The third-order valence-corrected chi connectivity index (χ3v) is 4.77. The van der Waals surface area contributed by atoms with Crippen molar-refractivity contribution in [2.75, 3.05) is 12.9 Å². The minimum atomic E-state index is -0.306. The molecule has 0 N–H and O–H groups in total. The van der Waals surface area contributed by atoms with Crippen LogP contribution in [0.4, 0.5) is 0 Å². The second-order valence-electron chi connectivity index (χ2n) is 5.56. The molecule has 0 radical (unpaired) electrons. The van der Waals surface area contributed by atoms with Crippen LogP contribution in [0.15, 0.2) is 36.0 Å². The van der Waals surface area contributed by atoms with Gasteiger partial charge in [-0.15, -0.1) is 16.8 Å².